The van der Waals surface area contributed by atoms with Gasteiger partial charge in [-0.2, -0.15) is 10.1 Å². The number of anilines is 1. The maximum Gasteiger partial charge on any atom is 0.226 e. The first-order valence-electron chi connectivity index (χ1n) is 8.40. The molecule has 8 heteroatoms. The van der Waals surface area contributed by atoms with Gasteiger partial charge < -0.3 is 19.5 Å². The molecule has 1 aliphatic carbocycles. The fourth-order valence-corrected chi connectivity index (χ4v) is 3.66. The van der Waals surface area contributed by atoms with Gasteiger partial charge in [-0.15, -0.1) is 0 Å². The molecule has 0 saturated heterocycles. The smallest absolute Gasteiger partial charge is 0.226 e. The Morgan fingerprint density at radius 1 is 1.12 bits per heavy atom. The summed E-state index contributed by atoms with van der Waals surface area (Å²) >= 11 is 0. The molecule has 0 radical (unpaired) electrons. The molecular formula is C18H20N4O4. The van der Waals surface area contributed by atoms with Crippen LogP contribution in [0.15, 0.2) is 29.7 Å². The highest BCUT2D eigenvalue weighted by Gasteiger charge is 2.37. The standard InChI is InChI=1S/C18H20N4O4/c1-24-13-7-10(8-14(25-2)17(13)26-3)16-15-11(5-4-6-12(15)23)21-18-19-9-20-22(16)18/h7-9,16H,4-6H2,1-3H3,(H,19,20,21). The Bertz CT molecular complexity index is 877. The molecule has 136 valence electrons. The van der Waals surface area contributed by atoms with Gasteiger partial charge >= 0.3 is 0 Å². The van der Waals surface area contributed by atoms with Crippen LogP contribution in [0.4, 0.5) is 5.95 Å². The number of Topliss-reactive ketones (excluding diaryl/α,β-unsaturated/α-hetero) is 1. The molecule has 2 aliphatic rings. The van der Waals surface area contributed by atoms with Crippen LogP contribution in [0.2, 0.25) is 0 Å². The van der Waals surface area contributed by atoms with Crippen LogP contribution in [-0.4, -0.2) is 41.9 Å². The molecule has 26 heavy (non-hydrogen) atoms. The van der Waals surface area contributed by atoms with Gasteiger partial charge in [-0.25, -0.2) is 4.68 Å². The van der Waals surface area contributed by atoms with Crippen LogP contribution < -0.4 is 19.5 Å². The predicted molar refractivity (Wildman–Crippen MR) is 93.8 cm³/mol. The van der Waals surface area contributed by atoms with Crippen LogP contribution in [0.3, 0.4) is 0 Å². The summed E-state index contributed by atoms with van der Waals surface area (Å²) in [4.78, 5) is 17.0. The number of carbonyl (C=O) groups excluding carboxylic acids is 1. The molecule has 0 amide bonds. The average molecular weight is 356 g/mol. The van der Waals surface area contributed by atoms with Crippen LogP contribution in [0.1, 0.15) is 30.9 Å². The Morgan fingerprint density at radius 3 is 2.50 bits per heavy atom. The Morgan fingerprint density at radius 2 is 1.85 bits per heavy atom. The maximum atomic E-state index is 12.7. The van der Waals surface area contributed by atoms with Crippen molar-refractivity contribution in [1.29, 1.82) is 0 Å². The summed E-state index contributed by atoms with van der Waals surface area (Å²) in [7, 11) is 4.70. The van der Waals surface area contributed by atoms with E-state index in [-0.39, 0.29) is 11.8 Å². The van der Waals surface area contributed by atoms with Crippen molar-refractivity contribution in [3.63, 3.8) is 0 Å². The third-order valence-electron chi connectivity index (χ3n) is 4.81. The van der Waals surface area contributed by atoms with Crippen LogP contribution in [-0.2, 0) is 4.79 Å². The molecule has 0 fully saturated rings. The maximum absolute atomic E-state index is 12.7. The van der Waals surface area contributed by atoms with Gasteiger partial charge in [0.2, 0.25) is 11.7 Å². The van der Waals surface area contributed by atoms with Gasteiger partial charge in [0.15, 0.2) is 17.3 Å². The fraction of sp³-hybridized carbons (Fsp3) is 0.389. The number of allylic oxidation sites excluding steroid dienone is 2. The predicted octanol–water partition coefficient (Wildman–Crippen LogP) is 2.33. The largest absolute Gasteiger partial charge is 0.493 e. The minimum Gasteiger partial charge on any atom is -0.493 e. The van der Waals surface area contributed by atoms with Crippen molar-refractivity contribution in [1.82, 2.24) is 14.8 Å². The Balaban J connectivity index is 1.93. The number of nitrogens with one attached hydrogen (secondary N) is 1. The minimum atomic E-state index is -0.384. The lowest BCUT2D eigenvalue weighted by molar-refractivity contribution is -0.116. The summed E-state index contributed by atoms with van der Waals surface area (Å²) in [5, 5.41) is 7.59. The SMILES string of the molecule is COc1cc(C2C3=C(CCCC3=O)Nc3ncnn32)cc(OC)c1OC. The number of ether oxygens (including phenoxy) is 3. The lowest BCUT2D eigenvalue weighted by Crippen LogP contribution is -2.31. The molecule has 1 atom stereocenters. The van der Waals surface area contributed by atoms with E-state index < -0.39 is 0 Å². The Kier molecular flexibility index (Phi) is 4.02. The van der Waals surface area contributed by atoms with E-state index in [0.717, 1.165) is 29.7 Å². The van der Waals surface area contributed by atoms with E-state index in [4.69, 9.17) is 14.2 Å². The molecule has 8 nitrogen and oxygen atoms in total. The second-order valence-electron chi connectivity index (χ2n) is 6.18. The van der Waals surface area contributed by atoms with Crippen LogP contribution in [0.5, 0.6) is 17.2 Å². The zero-order valence-corrected chi connectivity index (χ0v) is 14.9. The van der Waals surface area contributed by atoms with Crippen LogP contribution in [0.25, 0.3) is 0 Å². The van der Waals surface area contributed by atoms with Gasteiger partial charge in [-0.3, -0.25) is 4.79 Å². The number of carbonyl (C=O) groups is 1. The van der Waals surface area contributed by atoms with E-state index in [9.17, 15) is 4.79 Å². The first-order valence-corrected chi connectivity index (χ1v) is 8.40. The third kappa shape index (κ3) is 2.40. The molecule has 1 aliphatic heterocycles. The summed E-state index contributed by atoms with van der Waals surface area (Å²) in [6, 6.07) is 3.33. The number of fused-ring (bicyclic) bond motifs is 1. The molecule has 4 rings (SSSR count). The molecule has 1 aromatic heterocycles. The highest BCUT2D eigenvalue weighted by atomic mass is 16.5. The van der Waals surface area contributed by atoms with Crippen molar-refractivity contribution in [2.45, 2.75) is 25.3 Å². The summed E-state index contributed by atoms with van der Waals surface area (Å²) in [6.45, 7) is 0. The lowest BCUT2D eigenvalue weighted by atomic mass is 9.85. The topological polar surface area (TPSA) is 87.5 Å². The molecule has 1 N–H and O–H groups in total. The van der Waals surface area contributed by atoms with Crippen molar-refractivity contribution in [2.24, 2.45) is 0 Å². The zero-order chi connectivity index (χ0) is 18.3. The van der Waals surface area contributed by atoms with E-state index in [1.165, 1.54) is 6.33 Å². The Labute approximate surface area is 150 Å². The van der Waals surface area contributed by atoms with Gasteiger partial charge in [0.05, 0.1) is 21.3 Å². The first-order chi connectivity index (χ1) is 12.7. The first kappa shape index (κ1) is 16.4. The normalized spacial score (nSPS) is 18.7. The molecule has 0 saturated carbocycles. The zero-order valence-electron chi connectivity index (χ0n) is 14.9. The highest BCUT2D eigenvalue weighted by Crippen LogP contribution is 2.45. The summed E-state index contributed by atoms with van der Waals surface area (Å²) in [5.41, 5.74) is 2.47. The van der Waals surface area contributed by atoms with Crippen molar-refractivity contribution in [2.75, 3.05) is 26.6 Å². The van der Waals surface area contributed by atoms with E-state index in [2.05, 4.69) is 15.4 Å². The van der Waals surface area contributed by atoms with Gasteiger partial charge in [0.25, 0.3) is 0 Å². The van der Waals surface area contributed by atoms with Crippen LogP contribution in [0, 0.1) is 0 Å². The summed E-state index contributed by atoms with van der Waals surface area (Å²) < 4.78 is 18.1. The molecule has 2 aromatic rings. The number of hydrogen-bond acceptors (Lipinski definition) is 7. The Hall–Kier alpha value is -3.03. The molecule has 1 unspecified atom stereocenters. The molecule has 0 spiro atoms. The van der Waals surface area contributed by atoms with Crippen molar-refractivity contribution >= 4 is 11.7 Å². The number of benzene rings is 1. The fourth-order valence-electron chi connectivity index (χ4n) is 3.66. The quantitative estimate of drug-likeness (QED) is 0.899. The molecular weight excluding hydrogens is 336 g/mol. The number of ketones is 1. The van der Waals surface area contributed by atoms with E-state index in [1.54, 1.807) is 26.0 Å². The average Bonchev–Trinajstić information content (AvgIpc) is 3.13. The summed E-state index contributed by atoms with van der Waals surface area (Å²) in [6.07, 6.45) is 3.66. The number of nitrogens with zero attached hydrogens (tertiary/aromatic N) is 3. The monoisotopic (exact) mass is 356 g/mol. The number of methoxy groups -OCH3 is 3. The van der Waals surface area contributed by atoms with E-state index >= 15 is 0 Å². The molecule has 1 aromatic carbocycles. The third-order valence-corrected chi connectivity index (χ3v) is 4.81. The second kappa shape index (κ2) is 6.36. The number of rotatable bonds is 4. The van der Waals surface area contributed by atoms with E-state index in [0.29, 0.717) is 29.6 Å². The van der Waals surface area contributed by atoms with Gasteiger partial charge in [-0.1, -0.05) is 0 Å². The summed E-state index contributed by atoms with van der Waals surface area (Å²) in [5.74, 6) is 2.33. The van der Waals surface area contributed by atoms with Crippen molar-refractivity contribution in [3.05, 3.63) is 35.3 Å². The number of aromatic nitrogens is 3. The second-order valence-corrected chi connectivity index (χ2v) is 6.18. The van der Waals surface area contributed by atoms with Crippen molar-refractivity contribution < 1.29 is 19.0 Å². The van der Waals surface area contributed by atoms with E-state index in [1.807, 2.05) is 12.1 Å². The van der Waals surface area contributed by atoms with Crippen molar-refractivity contribution in [3.8, 4) is 17.2 Å². The minimum absolute atomic E-state index is 0.124. The number of hydrogen-bond donors (Lipinski definition) is 1. The van der Waals surface area contributed by atoms with Gasteiger partial charge in [-0.05, 0) is 30.5 Å². The lowest BCUT2D eigenvalue weighted by Gasteiger charge is -2.32. The highest BCUT2D eigenvalue weighted by molar-refractivity contribution is 5.99. The molecule has 0 bridgehead atoms. The van der Waals surface area contributed by atoms with Crippen LogP contribution >= 0.6 is 0 Å². The molecule has 2 heterocycles. The van der Waals surface area contributed by atoms with Gasteiger partial charge in [0.1, 0.15) is 12.4 Å². The van der Waals surface area contributed by atoms with Gasteiger partial charge in [0, 0.05) is 17.7 Å².